The van der Waals surface area contributed by atoms with Crippen molar-refractivity contribution in [1.29, 1.82) is 0 Å². The molecule has 1 atom stereocenters. The summed E-state index contributed by atoms with van der Waals surface area (Å²) in [6.45, 7) is 3.80. The molecule has 1 fully saturated rings. The number of H-pyrrole nitrogens is 1. The van der Waals surface area contributed by atoms with Crippen LogP contribution in [0.2, 0.25) is 0 Å². The van der Waals surface area contributed by atoms with Gasteiger partial charge in [0.15, 0.2) is 5.82 Å². The molecule has 106 valence electrons. The fourth-order valence-electron chi connectivity index (χ4n) is 2.72. The van der Waals surface area contributed by atoms with Gasteiger partial charge in [-0.05, 0) is 31.9 Å². The fraction of sp³-hybridized carbons (Fsp3) is 0.500. The molecule has 6 nitrogen and oxygen atoms in total. The van der Waals surface area contributed by atoms with Crippen molar-refractivity contribution in [2.75, 3.05) is 18.0 Å². The summed E-state index contributed by atoms with van der Waals surface area (Å²) in [6.07, 6.45) is 2.19. The fourth-order valence-corrected chi connectivity index (χ4v) is 2.72. The van der Waals surface area contributed by atoms with Crippen molar-refractivity contribution in [3.8, 4) is 0 Å². The SMILES string of the molecule is Cc1ccc(N2CCCC(c3cc(=O)n(C)[nH]3)C2)nn1. The Bertz CT molecular complexity index is 642. The summed E-state index contributed by atoms with van der Waals surface area (Å²) in [6, 6.07) is 5.70. The molecule has 2 aromatic heterocycles. The maximum atomic E-state index is 11.6. The van der Waals surface area contributed by atoms with E-state index in [1.165, 1.54) is 4.68 Å². The number of aromatic amines is 1. The lowest BCUT2D eigenvalue weighted by Gasteiger charge is -2.32. The first-order valence-corrected chi connectivity index (χ1v) is 6.95. The highest BCUT2D eigenvalue weighted by Gasteiger charge is 2.24. The molecule has 1 saturated heterocycles. The standard InChI is InChI=1S/C14H19N5O/c1-10-5-6-13(16-15-10)19-7-3-4-11(9-19)12-8-14(20)18(2)17-12/h5-6,8,11,17H,3-4,7,9H2,1-2H3. The van der Waals surface area contributed by atoms with E-state index in [4.69, 9.17) is 0 Å². The third-order valence-electron chi connectivity index (χ3n) is 3.88. The zero-order valence-corrected chi connectivity index (χ0v) is 11.8. The second-order valence-electron chi connectivity index (χ2n) is 5.43. The molecule has 0 spiro atoms. The van der Waals surface area contributed by atoms with Gasteiger partial charge in [-0.25, -0.2) is 0 Å². The van der Waals surface area contributed by atoms with Crippen LogP contribution >= 0.6 is 0 Å². The van der Waals surface area contributed by atoms with Crippen molar-refractivity contribution in [3.63, 3.8) is 0 Å². The summed E-state index contributed by atoms with van der Waals surface area (Å²) in [7, 11) is 1.75. The van der Waals surface area contributed by atoms with Crippen molar-refractivity contribution in [3.05, 3.63) is 39.9 Å². The van der Waals surface area contributed by atoms with Gasteiger partial charge in [0.25, 0.3) is 5.56 Å². The van der Waals surface area contributed by atoms with Crippen LogP contribution in [-0.4, -0.2) is 33.1 Å². The summed E-state index contributed by atoms with van der Waals surface area (Å²) >= 11 is 0. The van der Waals surface area contributed by atoms with E-state index in [1.54, 1.807) is 13.1 Å². The lowest BCUT2D eigenvalue weighted by molar-refractivity contribution is 0.492. The van der Waals surface area contributed by atoms with Gasteiger partial charge < -0.3 is 4.90 Å². The van der Waals surface area contributed by atoms with E-state index in [-0.39, 0.29) is 5.56 Å². The highest BCUT2D eigenvalue weighted by molar-refractivity contribution is 5.38. The van der Waals surface area contributed by atoms with E-state index in [0.29, 0.717) is 5.92 Å². The Hall–Kier alpha value is -2.11. The zero-order chi connectivity index (χ0) is 14.1. The van der Waals surface area contributed by atoms with E-state index in [0.717, 1.165) is 43.1 Å². The van der Waals surface area contributed by atoms with Gasteiger partial charge in [-0.15, -0.1) is 5.10 Å². The number of nitrogens with one attached hydrogen (secondary N) is 1. The molecular formula is C14H19N5O. The van der Waals surface area contributed by atoms with Crippen molar-refractivity contribution in [2.45, 2.75) is 25.7 Å². The first-order valence-electron chi connectivity index (χ1n) is 6.95. The van der Waals surface area contributed by atoms with E-state index in [9.17, 15) is 4.79 Å². The molecule has 0 bridgehead atoms. The molecule has 1 aliphatic rings. The summed E-state index contributed by atoms with van der Waals surface area (Å²) < 4.78 is 1.53. The van der Waals surface area contributed by atoms with Gasteiger partial charge in [0, 0.05) is 37.8 Å². The number of hydrogen-bond acceptors (Lipinski definition) is 4. The quantitative estimate of drug-likeness (QED) is 0.892. The van der Waals surface area contributed by atoms with Crippen LogP contribution in [0.1, 0.15) is 30.1 Å². The van der Waals surface area contributed by atoms with Crippen LogP contribution in [0.15, 0.2) is 23.0 Å². The topological polar surface area (TPSA) is 66.8 Å². The number of piperidine rings is 1. The molecule has 3 rings (SSSR count). The maximum Gasteiger partial charge on any atom is 0.266 e. The van der Waals surface area contributed by atoms with Crippen molar-refractivity contribution >= 4 is 5.82 Å². The van der Waals surface area contributed by atoms with Gasteiger partial charge in [0.05, 0.1) is 5.69 Å². The van der Waals surface area contributed by atoms with Crippen LogP contribution in [0, 0.1) is 6.92 Å². The molecule has 2 aromatic rings. The molecule has 0 aliphatic carbocycles. The minimum absolute atomic E-state index is 0.0206. The summed E-state index contributed by atoms with van der Waals surface area (Å²) in [5.74, 6) is 1.26. The number of aromatic nitrogens is 4. The molecule has 0 amide bonds. The molecular weight excluding hydrogens is 254 g/mol. The average molecular weight is 273 g/mol. The predicted octanol–water partition coefficient (Wildman–Crippen LogP) is 1.20. The van der Waals surface area contributed by atoms with E-state index < -0.39 is 0 Å². The second-order valence-corrected chi connectivity index (χ2v) is 5.43. The number of rotatable bonds is 2. The third-order valence-corrected chi connectivity index (χ3v) is 3.88. The minimum atomic E-state index is 0.0206. The Labute approximate surface area is 117 Å². The van der Waals surface area contributed by atoms with Crippen LogP contribution in [0.3, 0.4) is 0 Å². The Morgan fingerprint density at radius 2 is 2.20 bits per heavy atom. The first-order chi connectivity index (χ1) is 9.63. The molecule has 6 heteroatoms. The molecule has 0 aromatic carbocycles. The van der Waals surface area contributed by atoms with Crippen LogP contribution in [0.25, 0.3) is 0 Å². The molecule has 1 unspecified atom stereocenters. The summed E-state index contributed by atoms with van der Waals surface area (Å²) in [5, 5.41) is 11.5. The smallest absolute Gasteiger partial charge is 0.266 e. The van der Waals surface area contributed by atoms with Crippen LogP contribution in [0.5, 0.6) is 0 Å². The lowest BCUT2D eigenvalue weighted by atomic mass is 9.95. The molecule has 1 N–H and O–H groups in total. The van der Waals surface area contributed by atoms with E-state index in [1.807, 2.05) is 19.1 Å². The predicted molar refractivity (Wildman–Crippen MR) is 77.0 cm³/mol. The van der Waals surface area contributed by atoms with Gasteiger partial charge in [-0.1, -0.05) is 0 Å². The first kappa shape index (κ1) is 12.9. The summed E-state index contributed by atoms with van der Waals surface area (Å²) in [5.41, 5.74) is 1.96. The van der Waals surface area contributed by atoms with Crippen molar-refractivity contribution in [1.82, 2.24) is 20.0 Å². The normalized spacial score (nSPS) is 19.3. The lowest BCUT2D eigenvalue weighted by Crippen LogP contribution is -2.35. The Balaban J connectivity index is 1.79. The van der Waals surface area contributed by atoms with Crippen molar-refractivity contribution < 1.29 is 0 Å². The summed E-state index contributed by atoms with van der Waals surface area (Å²) in [4.78, 5) is 13.8. The molecule has 20 heavy (non-hydrogen) atoms. The molecule has 3 heterocycles. The molecule has 0 radical (unpaired) electrons. The van der Waals surface area contributed by atoms with E-state index >= 15 is 0 Å². The van der Waals surface area contributed by atoms with Crippen molar-refractivity contribution in [2.24, 2.45) is 7.05 Å². The minimum Gasteiger partial charge on any atom is -0.354 e. The average Bonchev–Trinajstić information content (AvgIpc) is 2.80. The van der Waals surface area contributed by atoms with Gasteiger partial charge in [-0.2, -0.15) is 5.10 Å². The van der Waals surface area contributed by atoms with Gasteiger partial charge in [0.1, 0.15) is 0 Å². The highest BCUT2D eigenvalue weighted by atomic mass is 16.1. The Morgan fingerprint density at radius 1 is 1.35 bits per heavy atom. The van der Waals surface area contributed by atoms with Gasteiger partial charge in [-0.3, -0.25) is 14.6 Å². The number of hydrogen-bond donors (Lipinski definition) is 1. The monoisotopic (exact) mass is 273 g/mol. The van der Waals surface area contributed by atoms with Gasteiger partial charge in [0.2, 0.25) is 0 Å². The third kappa shape index (κ3) is 2.45. The second kappa shape index (κ2) is 5.11. The van der Waals surface area contributed by atoms with Crippen LogP contribution < -0.4 is 10.5 Å². The Kier molecular flexibility index (Phi) is 3.30. The maximum absolute atomic E-state index is 11.6. The van der Waals surface area contributed by atoms with Gasteiger partial charge >= 0.3 is 0 Å². The zero-order valence-electron chi connectivity index (χ0n) is 11.8. The van der Waals surface area contributed by atoms with E-state index in [2.05, 4.69) is 20.2 Å². The Morgan fingerprint density at radius 3 is 2.85 bits per heavy atom. The largest absolute Gasteiger partial charge is 0.354 e. The highest BCUT2D eigenvalue weighted by Crippen LogP contribution is 2.27. The van der Waals surface area contributed by atoms with Crippen LogP contribution in [0.4, 0.5) is 5.82 Å². The number of anilines is 1. The number of aryl methyl sites for hydroxylation is 2. The molecule has 1 aliphatic heterocycles. The molecule has 0 saturated carbocycles. The number of nitrogens with zero attached hydrogens (tertiary/aromatic N) is 4. The van der Waals surface area contributed by atoms with Crippen LogP contribution in [-0.2, 0) is 7.05 Å².